The number of nitrogens with zero attached hydrogens (tertiary/aromatic N) is 2. The van der Waals surface area contributed by atoms with Crippen molar-refractivity contribution in [3.63, 3.8) is 0 Å². The van der Waals surface area contributed by atoms with Crippen molar-refractivity contribution in [2.24, 2.45) is 4.99 Å². The van der Waals surface area contributed by atoms with Gasteiger partial charge < -0.3 is 15.4 Å². The highest BCUT2D eigenvalue weighted by Gasteiger charge is 2.13. The molecule has 0 aliphatic rings. The van der Waals surface area contributed by atoms with E-state index in [0.717, 1.165) is 0 Å². The Labute approximate surface area is 133 Å². The first-order chi connectivity index (χ1) is 11.1. The van der Waals surface area contributed by atoms with E-state index in [4.69, 9.17) is 5.73 Å². The molecule has 3 aromatic rings. The lowest BCUT2D eigenvalue weighted by Gasteiger charge is -2.11. The third-order valence-electron chi connectivity index (χ3n) is 3.71. The average Bonchev–Trinajstić information content (AvgIpc) is 2.55. The van der Waals surface area contributed by atoms with Gasteiger partial charge in [0.15, 0.2) is 0 Å². The Kier molecular flexibility index (Phi) is 3.85. The molecule has 0 saturated heterocycles. The first-order valence-electron chi connectivity index (χ1n) is 7.36. The van der Waals surface area contributed by atoms with Gasteiger partial charge in [0.2, 0.25) is 0 Å². The zero-order valence-corrected chi connectivity index (χ0v) is 12.7. The van der Waals surface area contributed by atoms with Gasteiger partial charge in [-0.1, -0.05) is 18.2 Å². The van der Waals surface area contributed by atoms with Crippen LogP contribution in [0.25, 0.3) is 10.9 Å². The second kappa shape index (κ2) is 5.96. The summed E-state index contributed by atoms with van der Waals surface area (Å²) >= 11 is 0. The predicted octanol–water partition coefficient (Wildman–Crippen LogP) is 3.06. The highest BCUT2D eigenvalue weighted by atomic mass is 16.3. The van der Waals surface area contributed by atoms with Crippen LogP contribution in [-0.4, -0.2) is 15.9 Å². The highest BCUT2D eigenvalue weighted by Crippen LogP contribution is 2.25. The molecule has 0 saturated carbocycles. The van der Waals surface area contributed by atoms with Gasteiger partial charge in [-0.05, 0) is 37.3 Å². The lowest BCUT2D eigenvalue weighted by molar-refractivity contribution is 0.478. The van der Waals surface area contributed by atoms with Crippen LogP contribution >= 0.6 is 0 Å². The number of hydrogen-bond donors (Lipinski definition) is 2. The molecular weight excluding hydrogens is 290 g/mol. The fourth-order valence-corrected chi connectivity index (χ4v) is 2.58. The maximum atomic E-state index is 12.6. The number of anilines is 1. The molecule has 0 atom stereocenters. The number of nitrogen functional groups attached to an aromatic ring is 1. The molecule has 1 heterocycles. The molecule has 0 unspecified atom stereocenters. The van der Waals surface area contributed by atoms with E-state index in [0.29, 0.717) is 28.8 Å². The van der Waals surface area contributed by atoms with Crippen molar-refractivity contribution in [1.82, 2.24) is 4.57 Å². The van der Waals surface area contributed by atoms with Crippen LogP contribution < -0.4 is 11.3 Å². The fourth-order valence-electron chi connectivity index (χ4n) is 2.58. The zero-order valence-electron chi connectivity index (χ0n) is 12.7. The number of aryl methyl sites for hydroxylation is 1. The predicted molar refractivity (Wildman–Crippen MR) is 93.7 cm³/mol. The molecule has 0 fully saturated rings. The van der Waals surface area contributed by atoms with E-state index >= 15 is 0 Å². The van der Waals surface area contributed by atoms with Crippen molar-refractivity contribution in [2.75, 3.05) is 5.73 Å². The molecule has 116 valence electrons. The summed E-state index contributed by atoms with van der Waals surface area (Å²) in [6.45, 7) is 2.41. The first kappa shape index (κ1) is 14.8. The van der Waals surface area contributed by atoms with Crippen LogP contribution in [0.2, 0.25) is 0 Å². The van der Waals surface area contributed by atoms with Crippen LogP contribution in [0.1, 0.15) is 12.5 Å². The minimum absolute atomic E-state index is 0.0528. The van der Waals surface area contributed by atoms with Gasteiger partial charge in [0.05, 0.1) is 11.2 Å². The van der Waals surface area contributed by atoms with Crippen LogP contribution in [-0.2, 0) is 6.54 Å². The molecule has 0 amide bonds. The van der Waals surface area contributed by atoms with E-state index in [1.165, 1.54) is 6.21 Å². The Hall–Kier alpha value is -3.08. The van der Waals surface area contributed by atoms with Gasteiger partial charge in [-0.15, -0.1) is 0 Å². The molecule has 1 aromatic heterocycles. The number of aliphatic imine (C=N–C) groups is 1. The Bertz CT molecular complexity index is 958. The average molecular weight is 307 g/mol. The maximum absolute atomic E-state index is 12.6. The van der Waals surface area contributed by atoms with E-state index in [-0.39, 0.29) is 16.9 Å². The molecule has 0 aliphatic heterocycles. The van der Waals surface area contributed by atoms with Crippen molar-refractivity contribution in [3.8, 4) is 5.75 Å². The molecule has 23 heavy (non-hydrogen) atoms. The molecule has 2 aromatic carbocycles. The van der Waals surface area contributed by atoms with Gasteiger partial charge in [0, 0.05) is 23.8 Å². The minimum atomic E-state index is -0.267. The number of para-hydroxylation sites is 1. The largest absolute Gasteiger partial charge is 0.506 e. The molecule has 0 radical (unpaired) electrons. The number of hydrogen-bond acceptors (Lipinski definition) is 4. The molecule has 3 N–H and O–H groups in total. The molecule has 5 heteroatoms. The van der Waals surface area contributed by atoms with Gasteiger partial charge in [-0.2, -0.15) is 0 Å². The molecular formula is C18H17N3O2. The molecule has 0 spiro atoms. The van der Waals surface area contributed by atoms with Crippen molar-refractivity contribution in [3.05, 3.63) is 64.4 Å². The summed E-state index contributed by atoms with van der Waals surface area (Å²) in [4.78, 5) is 16.9. The van der Waals surface area contributed by atoms with Crippen molar-refractivity contribution in [2.45, 2.75) is 13.5 Å². The first-order valence-corrected chi connectivity index (χ1v) is 7.36. The molecule has 0 bridgehead atoms. The molecule has 0 aliphatic carbocycles. The number of benzene rings is 2. The third-order valence-corrected chi connectivity index (χ3v) is 3.71. The summed E-state index contributed by atoms with van der Waals surface area (Å²) in [7, 11) is 0. The van der Waals surface area contributed by atoms with Crippen LogP contribution in [0.4, 0.5) is 11.4 Å². The van der Waals surface area contributed by atoms with Gasteiger partial charge in [0.1, 0.15) is 11.3 Å². The standard InChI is InChI=1S/C18H17N3O2/c1-2-21-16-9-4-3-8-14(16)17(22)15(18(21)23)11-20-13-7-5-6-12(19)10-13/h3-11,22H,2,19H2,1H3. The van der Waals surface area contributed by atoms with Gasteiger partial charge in [0.25, 0.3) is 5.56 Å². The smallest absolute Gasteiger partial charge is 0.263 e. The summed E-state index contributed by atoms with van der Waals surface area (Å²) in [6.07, 6.45) is 1.39. The monoisotopic (exact) mass is 307 g/mol. The second-order valence-electron chi connectivity index (χ2n) is 5.18. The summed E-state index contributed by atoms with van der Waals surface area (Å²) in [5, 5.41) is 11.1. The van der Waals surface area contributed by atoms with Crippen LogP contribution in [0.15, 0.2) is 58.3 Å². The topological polar surface area (TPSA) is 80.6 Å². The lowest BCUT2D eigenvalue weighted by atomic mass is 10.1. The quantitative estimate of drug-likeness (QED) is 0.576. The normalized spacial score (nSPS) is 11.3. The van der Waals surface area contributed by atoms with Gasteiger partial charge in [-0.25, -0.2) is 0 Å². The summed E-state index contributed by atoms with van der Waals surface area (Å²) < 4.78 is 1.62. The third kappa shape index (κ3) is 2.68. The van der Waals surface area contributed by atoms with Crippen LogP contribution in [0, 0.1) is 0 Å². The number of aromatic hydroxyl groups is 1. The number of rotatable bonds is 3. The van der Waals surface area contributed by atoms with E-state index in [1.54, 1.807) is 34.9 Å². The van der Waals surface area contributed by atoms with E-state index in [2.05, 4.69) is 4.99 Å². The summed E-state index contributed by atoms with van der Waals surface area (Å²) in [6, 6.07) is 14.3. The van der Waals surface area contributed by atoms with Gasteiger partial charge >= 0.3 is 0 Å². The molecule has 3 rings (SSSR count). The minimum Gasteiger partial charge on any atom is -0.506 e. The van der Waals surface area contributed by atoms with Crippen LogP contribution in [0.5, 0.6) is 5.75 Å². The van der Waals surface area contributed by atoms with E-state index < -0.39 is 0 Å². The van der Waals surface area contributed by atoms with Crippen molar-refractivity contribution >= 4 is 28.5 Å². The number of aromatic nitrogens is 1. The zero-order chi connectivity index (χ0) is 16.4. The Balaban J connectivity index is 2.20. The number of fused-ring (bicyclic) bond motifs is 1. The van der Waals surface area contributed by atoms with Crippen LogP contribution in [0.3, 0.4) is 0 Å². The van der Waals surface area contributed by atoms with Gasteiger partial charge in [-0.3, -0.25) is 9.79 Å². The van der Waals surface area contributed by atoms with E-state index in [1.807, 2.05) is 25.1 Å². The van der Waals surface area contributed by atoms with E-state index in [9.17, 15) is 9.90 Å². The van der Waals surface area contributed by atoms with Crippen molar-refractivity contribution < 1.29 is 5.11 Å². The fraction of sp³-hybridized carbons (Fsp3) is 0.111. The lowest BCUT2D eigenvalue weighted by Crippen LogP contribution is -2.23. The highest BCUT2D eigenvalue weighted by molar-refractivity contribution is 5.95. The Morgan fingerprint density at radius 1 is 1.22 bits per heavy atom. The summed E-state index contributed by atoms with van der Waals surface area (Å²) in [5.41, 5.74) is 7.55. The maximum Gasteiger partial charge on any atom is 0.263 e. The molecule has 5 nitrogen and oxygen atoms in total. The Morgan fingerprint density at radius 2 is 2.00 bits per heavy atom. The Morgan fingerprint density at radius 3 is 2.74 bits per heavy atom. The number of pyridine rings is 1. The van der Waals surface area contributed by atoms with Crippen molar-refractivity contribution in [1.29, 1.82) is 0 Å². The second-order valence-corrected chi connectivity index (χ2v) is 5.18. The number of nitrogens with two attached hydrogens (primary N) is 1. The summed E-state index contributed by atoms with van der Waals surface area (Å²) in [5.74, 6) is -0.0528. The SMILES string of the molecule is CCn1c(=O)c(C=Nc2cccc(N)c2)c(O)c2ccccc21.